The summed E-state index contributed by atoms with van der Waals surface area (Å²) in [7, 11) is 0. The third-order valence-corrected chi connectivity index (χ3v) is 8.20. The summed E-state index contributed by atoms with van der Waals surface area (Å²) in [5, 5.41) is 3.34. The monoisotopic (exact) mass is 450 g/mol. The summed E-state index contributed by atoms with van der Waals surface area (Å²) in [6, 6.07) is 6.87. The van der Waals surface area contributed by atoms with E-state index >= 15 is 4.39 Å². The van der Waals surface area contributed by atoms with Gasteiger partial charge in [-0.2, -0.15) is 0 Å². The fourth-order valence-corrected chi connectivity index (χ4v) is 6.28. The molecule has 1 spiro atoms. The van der Waals surface area contributed by atoms with Gasteiger partial charge in [0, 0.05) is 37.4 Å². The van der Waals surface area contributed by atoms with E-state index in [9.17, 15) is 4.79 Å². The zero-order chi connectivity index (χ0) is 20.7. The highest BCUT2D eigenvalue weighted by molar-refractivity contribution is 6.00. The molecule has 0 aliphatic carbocycles. The Hall–Kier alpha value is -1.37. The average molecular weight is 451 g/mol. The van der Waals surface area contributed by atoms with Crippen molar-refractivity contribution < 1.29 is 9.18 Å². The molecule has 1 atom stereocenters. The van der Waals surface area contributed by atoms with Gasteiger partial charge in [-0.15, -0.1) is 12.4 Å². The van der Waals surface area contributed by atoms with E-state index < -0.39 is 0 Å². The number of carbonyl (C=O) groups is 1. The summed E-state index contributed by atoms with van der Waals surface area (Å²) >= 11 is 0. The van der Waals surface area contributed by atoms with E-state index in [1.807, 2.05) is 12.1 Å². The van der Waals surface area contributed by atoms with Crippen LogP contribution in [0.3, 0.4) is 0 Å². The highest BCUT2D eigenvalue weighted by Gasteiger charge is 2.47. The molecule has 4 fully saturated rings. The zero-order valence-electron chi connectivity index (χ0n) is 18.6. The van der Waals surface area contributed by atoms with E-state index in [0.717, 1.165) is 64.0 Å². The number of nitrogens with zero attached hydrogens (tertiary/aromatic N) is 3. The third kappa shape index (κ3) is 4.19. The second-order valence-corrected chi connectivity index (χ2v) is 9.82. The molecular formula is C24H36ClFN4O. The third-order valence-electron chi connectivity index (χ3n) is 8.20. The number of piperidine rings is 2. The van der Waals surface area contributed by atoms with Crippen molar-refractivity contribution in [1.82, 2.24) is 10.2 Å². The van der Waals surface area contributed by atoms with Crippen LogP contribution >= 0.6 is 12.4 Å². The lowest BCUT2D eigenvalue weighted by Crippen LogP contribution is -2.46. The molecule has 4 aliphatic heterocycles. The first-order valence-electron chi connectivity index (χ1n) is 11.9. The van der Waals surface area contributed by atoms with Crippen molar-refractivity contribution >= 4 is 29.7 Å². The molecule has 0 radical (unpaired) electrons. The lowest BCUT2D eigenvalue weighted by atomic mass is 9.78. The van der Waals surface area contributed by atoms with Gasteiger partial charge in [-0.05, 0) is 89.7 Å². The topological polar surface area (TPSA) is 38.8 Å². The minimum absolute atomic E-state index is 0. The van der Waals surface area contributed by atoms with Crippen molar-refractivity contribution in [2.75, 3.05) is 49.1 Å². The van der Waals surface area contributed by atoms with Crippen molar-refractivity contribution in [2.45, 2.75) is 64.0 Å². The predicted octanol–water partition coefficient (Wildman–Crippen LogP) is 3.81. The first kappa shape index (κ1) is 22.8. The first-order valence-corrected chi connectivity index (χ1v) is 11.9. The van der Waals surface area contributed by atoms with E-state index in [2.05, 4.69) is 22.0 Å². The smallest absolute Gasteiger partial charge is 0.233 e. The van der Waals surface area contributed by atoms with Crippen LogP contribution in [0.4, 0.5) is 15.8 Å². The summed E-state index contributed by atoms with van der Waals surface area (Å²) < 4.78 is 15.1. The molecule has 4 aliphatic rings. The van der Waals surface area contributed by atoms with E-state index in [4.69, 9.17) is 0 Å². The van der Waals surface area contributed by atoms with Crippen LogP contribution < -0.4 is 15.1 Å². The molecule has 0 saturated carbocycles. The number of hydrogen-bond donors (Lipinski definition) is 1. The molecule has 1 aromatic carbocycles. The maximum absolute atomic E-state index is 15.1. The Balaban J connectivity index is 0.00000231. The average Bonchev–Trinajstić information content (AvgIpc) is 3.33. The minimum Gasteiger partial charge on any atom is -0.371 e. The molecule has 1 N–H and O–H groups in total. The Morgan fingerprint density at radius 1 is 1.03 bits per heavy atom. The van der Waals surface area contributed by atoms with Gasteiger partial charge in [0.05, 0.1) is 11.1 Å². The van der Waals surface area contributed by atoms with Crippen molar-refractivity contribution in [3.8, 4) is 0 Å². The quantitative estimate of drug-likeness (QED) is 0.760. The summed E-state index contributed by atoms with van der Waals surface area (Å²) in [5.74, 6) is -0.140. The molecule has 4 heterocycles. The molecule has 1 aromatic rings. The van der Waals surface area contributed by atoms with Gasteiger partial charge in [0.1, 0.15) is 5.82 Å². The lowest BCUT2D eigenvalue weighted by Gasteiger charge is -2.39. The Kier molecular flexibility index (Phi) is 6.80. The van der Waals surface area contributed by atoms with Gasteiger partial charge in [0.2, 0.25) is 5.91 Å². The zero-order valence-corrected chi connectivity index (χ0v) is 19.4. The fourth-order valence-electron chi connectivity index (χ4n) is 6.28. The molecule has 31 heavy (non-hydrogen) atoms. The predicted molar refractivity (Wildman–Crippen MR) is 126 cm³/mol. The number of carbonyl (C=O) groups excluding carboxylic acids is 1. The first-order chi connectivity index (χ1) is 14.6. The van der Waals surface area contributed by atoms with Crippen LogP contribution in [-0.2, 0) is 4.79 Å². The Morgan fingerprint density at radius 3 is 2.42 bits per heavy atom. The van der Waals surface area contributed by atoms with Gasteiger partial charge in [-0.1, -0.05) is 0 Å². The number of nitrogens with one attached hydrogen (secondary N) is 1. The van der Waals surface area contributed by atoms with Crippen molar-refractivity contribution in [3.63, 3.8) is 0 Å². The van der Waals surface area contributed by atoms with Gasteiger partial charge in [0.15, 0.2) is 0 Å². The number of likely N-dealkylation sites (tertiary alicyclic amines) is 1. The van der Waals surface area contributed by atoms with E-state index in [-0.39, 0.29) is 29.5 Å². The van der Waals surface area contributed by atoms with Crippen molar-refractivity contribution in [2.24, 2.45) is 5.41 Å². The molecule has 5 nitrogen and oxygen atoms in total. The Morgan fingerprint density at radius 2 is 1.77 bits per heavy atom. The molecule has 5 rings (SSSR count). The molecule has 0 bridgehead atoms. The van der Waals surface area contributed by atoms with E-state index in [1.165, 1.54) is 19.4 Å². The molecule has 4 saturated heterocycles. The van der Waals surface area contributed by atoms with Crippen LogP contribution in [0, 0.1) is 11.2 Å². The summed E-state index contributed by atoms with van der Waals surface area (Å²) in [6.45, 7) is 7.93. The molecule has 1 amide bonds. The maximum atomic E-state index is 15.1. The minimum atomic E-state index is -0.273. The van der Waals surface area contributed by atoms with E-state index in [1.54, 1.807) is 11.0 Å². The largest absolute Gasteiger partial charge is 0.371 e. The number of anilines is 2. The van der Waals surface area contributed by atoms with Crippen LogP contribution in [0.15, 0.2) is 18.2 Å². The second-order valence-electron chi connectivity index (χ2n) is 9.82. The van der Waals surface area contributed by atoms with Gasteiger partial charge in [-0.3, -0.25) is 9.69 Å². The van der Waals surface area contributed by atoms with Gasteiger partial charge < -0.3 is 15.1 Å². The number of hydrogen-bond acceptors (Lipinski definition) is 4. The van der Waals surface area contributed by atoms with Crippen LogP contribution in [0.25, 0.3) is 0 Å². The normalized spacial score (nSPS) is 27.2. The SMILES string of the molecule is C[C@H]1CCCN1C1CCN(c2ccc(N3CCC4(CCNCC4)C3=O)c(F)c2)CC1.Cl. The highest BCUT2D eigenvalue weighted by atomic mass is 35.5. The van der Waals surface area contributed by atoms with Gasteiger partial charge in [0.25, 0.3) is 0 Å². The standard InChI is InChI=1S/C24H35FN4O.ClH/c1-18-3-2-13-28(18)19-6-14-27(15-7-19)20-4-5-22(21(25)17-20)29-16-10-24(23(29)30)8-11-26-12-9-24;/h4-5,17-19,26H,2-3,6-16H2,1H3;1H/t18-;/m0./s1. The van der Waals surface area contributed by atoms with Crippen LogP contribution in [0.5, 0.6) is 0 Å². The van der Waals surface area contributed by atoms with E-state index in [0.29, 0.717) is 24.3 Å². The maximum Gasteiger partial charge on any atom is 0.233 e. The van der Waals surface area contributed by atoms with Crippen LogP contribution in [-0.4, -0.2) is 62.2 Å². The van der Waals surface area contributed by atoms with Gasteiger partial charge in [-0.25, -0.2) is 4.39 Å². The van der Waals surface area contributed by atoms with Gasteiger partial charge >= 0.3 is 0 Å². The molecular weight excluding hydrogens is 415 g/mol. The van der Waals surface area contributed by atoms with Crippen LogP contribution in [0.1, 0.15) is 51.9 Å². The Bertz CT molecular complexity index is 792. The number of halogens is 2. The van der Waals surface area contributed by atoms with Crippen molar-refractivity contribution in [1.29, 1.82) is 0 Å². The Labute approximate surface area is 191 Å². The highest BCUT2D eigenvalue weighted by Crippen LogP contribution is 2.42. The molecule has 172 valence electrons. The molecule has 0 unspecified atom stereocenters. The summed E-state index contributed by atoms with van der Waals surface area (Å²) in [6.07, 6.45) is 7.51. The van der Waals surface area contributed by atoms with Crippen LogP contribution in [0.2, 0.25) is 0 Å². The molecule has 0 aromatic heterocycles. The number of benzene rings is 1. The molecule has 7 heteroatoms. The number of rotatable bonds is 3. The summed E-state index contributed by atoms with van der Waals surface area (Å²) in [4.78, 5) is 19.8. The summed E-state index contributed by atoms with van der Waals surface area (Å²) in [5.41, 5.74) is 1.14. The second kappa shape index (κ2) is 9.24. The van der Waals surface area contributed by atoms with Crippen molar-refractivity contribution in [3.05, 3.63) is 24.0 Å². The lowest BCUT2D eigenvalue weighted by molar-refractivity contribution is -0.126. The number of amides is 1. The fraction of sp³-hybridized carbons (Fsp3) is 0.708.